The van der Waals surface area contributed by atoms with Crippen LogP contribution in [-0.4, -0.2) is 18.4 Å². The molecule has 0 amide bonds. The predicted octanol–water partition coefficient (Wildman–Crippen LogP) is 2.13. The third-order valence-corrected chi connectivity index (χ3v) is 2.10. The molecule has 14 heavy (non-hydrogen) atoms. The fourth-order valence-corrected chi connectivity index (χ4v) is 1.13. The Hall–Kier alpha value is -1.03. The minimum absolute atomic E-state index is 0.219. The Morgan fingerprint density at radius 1 is 1.50 bits per heavy atom. The third-order valence-electron chi connectivity index (χ3n) is 1.64. The van der Waals surface area contributed by atoms with E-state index in [2.05, 4.69) is 15.9 Å². The standard InChI is InChI=1S/C10H11BrO3/c1-13-9-4-2-3-8(5-9)7-14-10(12)6-11/h2-5H,6-7H2,1H3. The number of alkyl halides is 1. The van der Waals surface area contributed by atoms with Crippen LogP contribution in [0.1, 0.15) is 5.56 Å². The Bertz CT molecular complexity index is 312. The van der Waals surface area contributed by atoms with Gasteiger partial charge in [0.05, 0.1) is 7.11 Å². The van der Waals surface area contributed by atoms with Crippen LogP contribution >= 0.6 is 15.9 Å². The molecule has 3 nitrogen and oxygen atoms in total. The summed E-state index contributed by atoms with van der Waals surface area (Å²) in [7, 11) is 1.60. The molecule has 0 saturated carbocycles. The molecule has 0 bridgehead atoms. The van der Waals surface area contributed by atoms with Crippen LogP contribution in [0.4, 0.5) is 0 Å². The van der Waals surface area contributed by atoms with Gasteiger partial charge in [0.2, 0.25) is 0 Å². The number of benzene rings is 1. The lowest BCUT2D eigenvalue weighted by molar-refractivity contribution is -0.141. The molecule has 0 aliphatic carbocycles. The number of carbonyl (C=O) groups excluding carboxylic acids is 1. The van der Waals surface area contributed by atoms with Crippen LogP contribution in [0.3, 0.4) is 0 Å². The van der Waals surface area contributed by atoms with Crippen molar-refractivity contribution in [1.82, 2.24) is 0 Å². The van der Waals surface area contributed by atoms with Crippen LogP contribution < -0.4 is 4.74 Å². The zero-order valence-corrected chi connectivity index (χ0v) is 9.41. The van der Waals surface area contributed by atoms with Gasteiger partial charge in [-0.25, -0.2) is 0 Å². The number of hydrogen-bond donors (Lipinski definition) is 0. The summed E-state index contributed by atoms with van der Waals surface area (Å²) in [6, 6.07) is 7.41. The van der Waals surface area contributed by atoms with Crippen LogP contribution in [-0.2, 0) is 16.1 Å². The zero-order valence-electron chi connectivity index (χ0n) is 7.83. The van der Waals surface area contributed by atoms with Gasteiger partial charge in [0.25, 0.3) is 0 Å². The second kappa shape index (κ2) is 5.65. The smallest absolute Gasteiger partial charge is 0.316 e. The molecule has 0 aromatic heterocycles. The highest BCUT2D eigenvalue weighted by Gasteiger charge is 2.01. The molecule has 1 aromatic rings. The monoisotopic (exact) mass is 258 g/mol. The van der Waals surface area contributed by atoms with E-state index in [1.165, 1.54) is 0 Å². The van der Waals surface area contributed by atoms with Gasteiger partial charge in [0.15, 0.2) is 0 Å². The first-order valence-corrected chi connectivity index (χ1v) is 5.23. The quantitative estimate of drug-likeness (QED) is 0.613. The van der Waals surface area contributed by atoms with Gasteiger partial charge in [-0.3, -0.25) is 4.79 Å². The average Bonchev–Trinajstić information content (AvgIpc) is 2.26. The number of rotatable bonds is 4. The van der Waals surface area contributed by atoms with E-state index in [1.54, 1.807) is 7.11 Å². The van der Waals surface area contributed by atoms with Crippen molar-refractivity contribution in [2.24, 2.45) is 0 Å². The van der Waals surface area contributed by atoms with Crippen LogP contribution in [0.5, 0.6) is 5.75 Å². The van der Waals surface area contributed by atoms with Crippen molar-refractivity contribution >= 4 is 21.9 Å². The Morgan fingerprint density at radius 2 is 2.29 bits per heavy atom. The van der Waals surface area contributed by atoms with Gasteiger partial charge in [-0.05, 0) is 17.7 Å². The first-order valence-electron chi connectivity index (χ1n) is 4.11. The number of methoxy groups -OCH3 is 1. The van der Waals surface area contributed by atoms with Gasteiger partial charge in [-0.15, -0.1) is 0 Å². The lowest BCUT2D eigenvalue weighted by Crippen LogP contribution is -2.05. The lowest BCUT2D eigenvalue weighted by atomic mass is 10.2. The normalized spacial score (nSPS) is 9.57. The second-order valence-corrected chi connectivity index (χ2v) is 3.21. The van der Waals surface area contributed by atoms with Crippen LogP contribution in [0.25, 0.3) is 0 Å². The van der Waals surface area contributed by atoms with Crippen molar-refractivity contribution in [2.45, 2.75) is 6.61 Å². The van der Waals surface area contributed by atoms with Gasteiger partial charge in [0.1, 0.15) is 17.7 Å². The molecule has 1 aromatic carbocycles. The summed E-state index contributed by atoms with van der Waals surface area (Å²) in [5, 5.41) is 0.219. The van der Waals surface area contributed by atoms with Crippen molar-refractivity contribution in [3.63, 3.8) is 0 Å². The molecule has 0 aliphatic rings. The predicted molar refractivity (Wildman–Crippen MR) is 56.6 cm³/mol. The van der Waals surface area contributed by atoms with E-state index in [4.69, 9.17) is 9.47 Å². The van der Waals surface area contributed by atoms with E-state index >= 15 is 0 Å². The molecule has 0 radical (unpaired) electrons. The molecule has 0 fully saturated rings. The summed E-state index contributed by atoms with van der Waals surface area (Å²) in [6.45, 7) is 0.279. The minimum Gasteiger partial charge on any atom is -0.497 e. The number of esters is 1. The Morgan fingerprint density at radius 3 is 2.93 bits per heavy atom. The molecule has 4 heteroatoms. The number of ether oxygens (including phenoxy) is 2. The van der Waals surface area contributed by atoms with Crippen molar-refractivity contribution in [1.29, 1.82) is 0 Å². The Labute approximate surface area is 91.1 Å². The van der Waals surface area contributed by atoms with Crippen molar-refractivity contribution < 1.29 is 14.3 Å². The first-order chi connectivity index (χ1) is 6.76. The topological polar surface area (TPSA) is 35.5 Å². The summed E-state index contributed by atoms with van der Waals surface area (Å²) in [6.07, 6.45) is 0. The van der Waals surface area contributed by atoms with E-state index in [-0.39, 0.29) is 17.9 Å². The van der Waals surface area contributed by atoms with Gasteiger partial charge in [-0.1, -0.05) is 28.1 Å². The molecule has 0 N–H and O–H groups in total. The third kappa shape index (κ3) is 3.38. The highest BCUT2D eigenvalue weighted by atomic mass is 79.9. The molecule has 76 valence electrons. The fraction of sp³-hybridized carbons (Fsp3) is 0.300. The highest BCUT2D eigenvalue weighted by molar-refractivity contribution is 9.09. The van der Waals surface area contributed by atoms with Crippen LogP contribution in [0, 0.1) is 0 Å². The molecule has 0 aliphatic heterocycles. The Kier molecular flexibility index (Phi) is 4.46. The van der Waals surface area contributed by atoms with E-state index in [0.29, 0.717) is 0 Å². The maximum Gasteiger partial charge on any atom is 0.316 e. The molecular formula is C10H11BrO3. The van der Waals surface area contributed by atoms with E-state index in [0.717, 1.165) is 11.3 Å². The molecule has 1 rings (SSSR count). The largest absolute Gasteiger partial charge is 0.497 e. The maximum atomic E-state index is 10.8. The molecule has 0 unspecified atom stereocenters. The van der Waals surface area contributed by atoms with Gasteiger partial charge < -0.3 is 9.47 Å². The molecular weight excluding hydrogens is 248 g/mol. The molecule has 0 spiro atoms. The SMILES string of the molecule is COc1cccc(COC(=O)CBr)c1. The maximum absolute atomic E-state index is 10.8. The summed E-state index contributed by atoms with van der Waals surface area (Å²) in [5.41, 5.74) is 0.915. The summed E-state index contributed by atoms with van der Waals surface area (Å²) in [5.74, 6) is 0.491. The molecule has 0 atom stereocenters. The molecule has 0 saturated heterocycles. The van der Waals surface area contributed by atoms with Gasteiger partial charge >= 0.3 is 5.97 Å². The fourth-order valence-electron chi connectivity index (χ4n) is 0.965. The first kappa shape index (κ1) is 11.0. The summed E-state index contributed by atoms with van der Waals surface area (Å²) >= 11 is 3.02. The molecule has 0 heterocycles. The van der Waals surface area contributed by atoms with Crippen molar-refractivity contribution in [3.05, 3.63) is 29.8 Å². The van der Waals surface area contributed by atoms with E-state index < -0.39 is 0 Å². The number of hydrogen-bond acceptors (Lipinski definition) is 3. The van der Waals surface area contributed by atoms with E-state index in [9.17, 15) is 4.79 Å². The number of halogens is 1. The lowest BCUT2D eigenvalue weighted by Gasteiger charge is -2.04. The van der Waals surface area contributed by atoms with E-state index in [1.807, 2.05) is 24.3 Å². The summed E-state index contributed by atoms with van der Waals surface area (Å²) < 4.78 is 9.97. The average molecular weight is 259 g/mol. The highest BCUT2D eigenvalue weighted by Crippen LogP contribution is 2.13. The van der Waals surface area contributed by atoms with Crippen molar-refractivity contribution in [3.8, 4) is 5.75 Å². The van der Waals surface area contributed by atoms with Crippen LogP contribution in [0.15, 0.2) is 24.3 Å². The number of carbonyl (C=O) groups is 1. The summed E-state index contributed by atoms with van der Waals surface area (Å²) in [4.78, 5) is 10.8. The van der Waals surface area contributed by atoms with Gasteiger partial charge in [0, 0.05) is 0 Å². The zero-order chi connectivity index (χ0) is 10.4. The Balaban J connectivity index is 2.54. The second-order valence-electron chi connectivity index (χ2n) is 2.65. The van der Waals surface area contributed by atoms with Gasteiger partial charge in [-0.2, -0.15) is 0 Å². The van der Waals surface area contributed by atoms with Crippen molar-refractivity contribution in [2.75, 3.05) is 12.4 Å². The minimum atomic E-state index is -0.271. The van der Waals surface area contributed by atoms with Crippen LogP contribution in [0.2, 0.25) is 0 Å².